The van der Waals surface area contributed by atoms with Gasteiger partial charge in [-0.05, 0) is 30.7 Å². The number of nitrogens with one attached hydrogen (secondary N) is 1. The number of amides is 1. The molecule has 128 valence electrons. The topological polar surface area (TPSA) is 95.7 Å². The van der Waals surface area contributed by atoms with Crippen molar-refractivity contribution in [2.45, 2.75) is 25.8 Å². The van der Waals surface area contributed by atoms with Crippen molar-refractivity contribution in [1.29, 1.82) is 0 Å². The van der Waals surface area contributed by atoms with Crippen molar-refractivity contribution < 1.29 is 13.2 Å². The minimum Gasteiger partial charge on any atom is -0.375 e. The van der Waals surface area contributed by atoms with E-state index in [1.165, 1.54) is 0 Å². The number of unbranched alkanes of at least 4 members (excludes halogenated alkanes) is 1. The van der Waals surface area contributed by atoms with Gasteiger partial charge in [-0.25, -0.2) is 5.14 Å². The number of hydrogen-bond donors (Lipinski definition) is 2. The summed E-state index contributed by atoms with van der Waals surface area (Å²) in [7, 11) is -1.68. The summed E-state index contributed by atoms with van der Waals surface area (Å²) in [5.41, 5.74) is 1.68. The molecule has 23 heavy (non-hydrogen) atoms. The molecule has 1 aromatic rings. The predicted molar refractivity (Wildman–Crippen MR) is 90.6 cm³/mol. The van der Waals surface area contributed by atoms with E-state index in [1.54, 1.807) is 17.0 Å². The zero-order valence-electron chi connectivity index (χ0n) is 13.5. The molecule has 8 heteroatoms. The Balaban J connectivity index is 1.89. The Kier molecular flexibility index (Phi) is 5.61. The fraction of sp³-hybridized carbons (Fsp3) is 0.533. The molecule has 1 heterocycles. The second-order valence-electron chi connectivity index (χ2n) is 5.89. The molecule has 0 bridgehead atoms. The maximum atomic E-state index is 12.3. The van der Waals surface area contributed by atoms with Gasteiger partial charge < -0.3 is 9.80 Å². The molecule has 0 radical (unpaired) electrons. The summed E-state index contributed by atoms with van der Waals surface area (Å²) in [5.74, 6) is -0.0970. The third kappa shape index (κ3) is 4.92. The number of likely N-dealkylation sites (tertiary alicyclic amines) is 1. The minimum atomic E-state index is -3.71. The fourth-order valence-electron chi connectivity index (χ4n) is 2.52. The van der Waals surface area contributed by atoms with Gasteiger partial charge in [0.2, 0.25) is 0 Å². The van der Waals surface area contributed by atoms with Crippen molar-refractivity contribution in [3.8, 4) is 0 Å². The Labute approximate surface area is 137 Å². The highest BCUT2D eigenvalue weighted by molar-refractivity contribution is 7.87. The minimum absolute atomic E-state index is 0.0970. The third-order valence-corrected chi connectivity index (χ3v) is 4.56. The Hall–Kier alpha value is -1.64. The van der Waals surface area contributed by atoms with E-state index in [4.69, 9.17) is 5.14 Å². The summed E-state index contributed by atoms with van der Waals surface area (Å²) in [6.45, 7) is 3.82. The number of carbonyl (C=O) groups is 1. The lowest BCUT2D eigenvalue weighted by molar-refractivity contribution is 0.0592. The second kappa shape index (κ2) is 7.29. The summed E-state index contributed by atoms with van der Waals surface area (Å²) < 4.78 is 24.1. The molecule has 1 aliphatic heterocycles. The van der Waals surface area contributed by atoms with Crippen molar-refractivity contribution in [1.82, 2.24) is 9.62 Å². The highest BCUT2D eigenvalue weighted by atomic mass is 32.2. The predicted octanol–water partition coefficient (Wildman–Crippen LogP) is 0.540. The van der Waals surface area contributed by atoms with Gasteiger partial charge in [0.25, 0.3) is 16.1 Å². The first-order valence-electron chi connectivity index (χ1n) is 7.70. The van der Waals surface area contributed by atoms with Crippen LogP contribution in [0.2, 0.25) is 0 Å². The second-order valence-corrected chi connectivity index (χ2v) is 7.22. The largest absolute Gasteiger partial charge is 0.375 e. The first-order chi connectivity index (χ1) is 10.8. The molecule has 1 aliphatic rings. The lowest BCUT2D eigenvalue weighted by atomic mass is 10.1. The van der Waals surface area contributed by atoms with Crippen molar-refractivity contribution in [2.24, 2.45) is 5.14 Å². The molecule has 1 amide bonds. The van der Waals surface area contributed by atoms with Crippen LogP contribution in [0.3, 0.4) is 0 Å². The van der Waals surface area contributed by atoms with Crippen molar-refractivity contribution in [3.05, 3.63) is 29.8 Å². The molecular formula is C15H24N4O3S. The van der Waals surface area contributed by atoms with E-state index in [0.717, 1.165) is 25.1 Å². The first-order valence-corrected chi connectivity index (χ1v) is 9.25. The van der Waals surface area contributed by atoms with Gasteiger partial charge in [-0.2, -0.15) is 13.1 Å². The van der Waals surface area contributed by atoms with Gasteiger partial charge in [0.1, 0.15) is 0 Å². The molecule has 0 saturated carbocycles. The molecule has 3 N–H and O–H groups in total. The van der Waals surface area contributed by atoms with Crippen LogP contribution in [0.15, 0.2) is 24.3 Å². The van der Waals surface area contributed by atoms with Gasteiger partial charge in [-0.3, -0.25) is 4.79 Å². The van der Waals surface area contributed by atoms with Crippen LogP contribution in [0.4, 0.5) is 5.69 Å². The first kappa shape index (κ1) is 17.7. The van der Waals surface area contributed by atoms with E-state index < -0.39 is 10.2 Å². The normalized spacial score (nSPS) is 15.3. The monoisotopic (exact) mass is 340 g/mol. The molecule has 0 aliphatic carbocycles. The number of hydrogen-bond acceptors (Lipinski definition) is 4. The molecule has 0 aromatic heterocycles. The van der Waals surface area contributed by atoms with Crippen LogP contribution in [0.5, 0.6) is 0 Å². The van der Waals surface area contributed by atoms with E-state index in [-0.39, 0.29) is 11.9 Å². The van der Waals surface area contributed by atoms with E-state index in [0.29, 0.717) is 18.7 Å². The standard InChI is InChI=1S/C15H24N4O3S/c1-3-4-9-18(2)14-7-5-12(6-8-14)15(20)19-10-13(11-19)17-23(16,21)22/h5-8,13,17H,3-4,9-11H2,1-2H3,(H2,16,21,22). The van der Waals surface area contributed by atoms with Gasteiger partial charge >= 0.3 is 0 Å². The smallest absolute Gasteiger partial charge is 0.274 e. The van der Waals surface area contributed by atoms with Crippen molar-refractivity contribution in [2.75, 3.05) is 31.6 Å². The van der Waals surface area contributed by atoms with Crippen LogP contribution in [0.1, 0.15) is 30.1 Å². The SMILES string of the molecule is CCCCN(C)c1ccc(C(=O)N2CC(NS(N)(=O)=O)C2)cc1. The Morgan fingerprint density at radius 2 is 1.96 bits per heavy atom. The summed E-state index contributed by atoms with van der Waals surface area (Å²) >= 11 is 0. The van der Waals surface area contributed by atoms with Gasteiger partial charge in [-0.1, -0.05) is 13.3 Å². The third-order valence-electron chi connectivity index (χ3n) is 3.90. The molecule has 1 aromatic carbocycles. The highest BCUT2D eigenvalue weighted by Crippen LogP contribution is 2.18. The van der Waals surface area contributed by atoms with Crippen molar-refractivity contribution >= 4 is 21.8 Å². The van der Waals surface area contributed by atoms with E-state index in [1.807, 2.05) is 19.2 Å². The van der Waals surface area contributed by atoms with Gasteiger partial charge in [0.15, 0.2) is 0 Å². The van der Waals surface area contributed by atoms with Gasteiger partial charge in [-0.15, -0.1) is 0 Å². The maximum absolute atomic E-state index is 12.3. The average molecular weight is 340 g/mol. The van der Waals surface area contributed by atoms with Gasteiger partial charge in [0.05, 0.1) is 6.04 Å². The number of anilines is 1. The number of benzene rings is 1. The molecule has 0 unspecified atom stereocenters. The summed E-state index contributed by atoms with van der Waals surface area (Å²) in [6, 6.07) is 7.18. The lowest BCUT2D eigenvalue weighted by Crippen LogP contribution is -2.61. The average Bonchev–Trinajstić information content (AvgIpc) is 2.46. The number of rotatable bonds is 7. The highest BCUT2D eigenvalue weighted by Gasteiger charge is 2.32. The number of carbonyl (C=O) groups excluding carboxylic acids is 1. The zero-order valence-corrected chi connectivity index (χ0v) is 14.3. The van der Waals surface area contributed by atoms with Crippen LogP contribution < -0.4 is 14.8 Å². The molecular weight excluding hydrogens is 316 g/mol. The Morgan fingerprint density at radius 3 is 2.48 bits per heavy atom. The van der Waals surface area contributed by atoms with Crippen LogP contribution in [0.25, 0.3) is 0 Å². The number of nitrogens with two attached hydrogens (primary N) is 1. The molecule has 0 atom stereocenters. The summed E-state index contributed by atoms with van der Waals surface area (Å²) in [6.07, 6.45) is 2.27. The Morgan fingerprint density at radius 1 is 1.35 bits per heavy atom. The molecule has 1 saturated heterocycles. The van der Waals surface area contributed by atoms with Crippen molar-refractivity contribution in [3.63, 3.8) is 0 Å². The number of nitrogens with zero attached hydrogens (tertiary/aromatic N) is 2. The van der Waals surface area contributed by atoms with E-state index >= 15 is 0 Å². The van der Waals surface area contributed by atoms with Crippen LogP contribution >= 0.6 is 0 Å². The molecule has 7 nitrogen and oxygen atoms in total. The zero-order chi connectivity index (χ0) is 17.0. The Bertz CT molecular complexity index is 639. The maximum Gasteiger partial charge on any atom is 0.274 e. The summed E-state index contributed by atoms with van der Waals surface area (Å²) in [4.78, 5) is 16.1. The molecule has 1 fully saturated rings. The van der Waals surface area contributed by atoms with Crippen LogP contribution in [-0.4, -0.2) is 51.9 Å². The molecule has 2 rings (SSSR count). The molecule has 0 spiro atoms. The van der Waals surface area contributed by atoms with Crippen LogP contribution in [-0.2, 0) is 10.2 Å². The van der Waals surface area contributed by atoms with E-state index in [9.17, 15) is 13.2 Å². The van der Waals surface area contributed by atoms with E-state index in [2.05, 4.69) is 16.5 Å². The quantitative estimate of drug-likeness (QED) is 0.757. The van der Waals surface area contributed by atoms with Crippen LogP contribution in [0, 0.1) is 0 Å². The lowest BCUT2D eigenvalue weighted by Gasteiger charge is -2.39. The van der Waals surface area contributed by atoms with Gasteiger partial charge in [0, 0.05) is 37.9 Å². The summed E-state index contributed by atoms with van der Waals surface area (Å²) in [5, 5.41) is 4.91. The fourth-order valence-corrected chi connectivity index (χ4v) is 3.13.